The minimum absolute atomic E-state index is 0.109. The van der Waals surface area contributed by atoms with Gasteiger partial charge < -0.3 is 14.5 Å². The van der Waals surface area contributed by atoms with Gasteiger partial charge in [-0.3, -0.25) is 14.4 Å². The maximum atomic E-state index is 12.4. The van der Waals surface area contributed by atoms with Crippen molar-refractivity contribution in [2.75, 3.05) is 31.1 Å². The zero-order chi connectivity index (χ0) is 19.6. The van der Waals surface area contributed by atoms with Crippen LogP contribution in [0.3, 0.4) is 0 Å². The van der Waals surface area contributed by atoms with Crippen LogP contribution in [0.5, 0.6) is 0 Å². The molecular formula is C21H28N2O4. The molecule has 2 heterocycles. The van der Waals surface area contributed by atoms with Crippen molar-refractivity contribution >= 4 is 23.5 Å². The van der Waals surface area contributed by atoms with Crippen molar-refractivity contribution in [3.63, 3.8) is 0 Å². The lowest BCUT2D eigenvalue weighted by Crippen LogP contribution is -2.45. The number of ether oxygens (including phenoxy) is 1. The Kier molecular flexibility index (Phi) is 5.53. The third kappa shape index (κ3) is 4.31. The van der Waals surface area contributed by atoms with E-state index in [1.807, 2.05) is 49.9 Å². The standard InChI is InChI=1S/C21H28N2O4/c1-21(2,3)20(26)22-11-8-16(9-12-22)19(25)27-14-18(24)23-13-10-15-6-4-5-7-17(15)23/h4-7,16H,8-14H2,1-3H3. The number of fused-ring (bicyclic) bond motifs is 1. The maximum Gasteiger partial charge on any atom is 0.309 e. The van der Waals surface area contributed by atoms with Crippen LogP contribution in [0, 0.1) is 11.3 Å². The van der Waals surface area contributed by atoms with Crippen LogP contribution < -0.4 is 4.90 Å². The molecule has 0 radical (unpaired) electrons. The van der Waals surface area contributed by atoms with E-state index < -0.39 is 5.41 Å². The predicted molar refractivity (Wildman–Crippen MR) is 102 cm³/mol. The van der Waals surface area contributed by atoms with Gasteiger partial charge in [-0.1, -0.05) is 39.0 Å². The Morgan fingerprint density at radius 2 is 1.74 bits per heavy atom. The summed E-state index contributed by atoms with van der Waals surface area (Å²) < 4.78 is 5.30. The normalized spacial score (nSPS) is 17.6. The van der Waals surface area contributed by atoms with Gasteiger partial charge >= 0.3 is 5.97 Å². The molecule has 2 amide bonds. The predicted octanol–water partition coefficient (Wildman–Crippen LogP) is 2.40. The van der Waals surface area contributed by atoms with E-state index in [-0.39, 0.29) is 30.3 Å². The molecule has 0 atom stereocenters. The van der Waals surface area contributed by atoms with Crippen molar-refractivity contribution in [2.24, 2.45) is 11.3 Å². The quantitative estimate of drug-likeness (QED) is 0.764. The summed E-state index contributed by atoms with van der Waals surface area (Å²) >= 11 is 0. The molecule has 0 bridgehead atoms. The third-order valence-corrected chi connectivity index (χ3v) is 5.28. The molecule has 3 rings (SSSR count). The zero-order valence-electron chi connectivity index (χ0n) is 16.4. The summed E-state index contributed by atoms with van der Waals surface area (Å²) in [6, 6.07) is 7.80. The molecule has 1 saturated heterocycles. The van der Waals surface area contributed by atoms with Crippen molar-refractivity contribution in [2.45, 2.75) is 40.0 Å². The van der Waals surface area contributed by atoms with E-state index in [1.54, 1.807) is 4.90 Å². The van der Waals surface area contributed by atoms with Gasteiger partial charge in [-0.2, -0.15) is 0 Å². The fraction of sp³-hybridized carbons (Fsp3) is 0.571. The van der Waals surface area contributed by atoms with E-state index in [1.165, 1.54) is 0 Å². The fourth-order valence-corrected chi connectivity index (χ4v) is 3.72. The number of rotatable bonds is 3. The summed E-state index contributed by atoms with van der Waals surface area (Å²) in [6.07, 6.45) is 2.00. The van der Waals surface area contributed by atoms with Gasteiger partial charge in [0.15, 0.2) is 6.61 Å². The number of esters is 1. The van der Waals surface area contributed by atoms with E-state index in [4.69, 9.17) is 4.74 Å². The summed E-state index contributed by atoms with van der Waals surface area (Å²) in [4.78, 5) is 40.6. The number of hydrogen-bond acceptors (Lipinski definition) is 4. The second-order valence-electron chi connectivity index (χ2n) is 8.35. The summed E-state index contributed by atoms with van der Waals surface area (Å²) in [6.45, 7) is 7.22. The minimum atomic E-state index is -0.411. The molecule has 2 aliphatic heterocycles. The van der Waals surface area contributed by atoms with Gasteiger partial charge in [0.25, 0.3) is 5.91 Å². The highest BCUT2D eigenvalue weighted by atomic mass is 16.5. The number of carbonyl (C=O) groups is 3. The number of amides is 2. The molecule has 1 fully saturated rings. The molecule has 1 aromatic carbocycles. The number of nitrogens with zero attached hydrogens (tertiary/aromatic N) is 2. The van der Waals surface area contributed by atoms with Crippen LogP contribution >= 0.6 is 0 Å². The number of hydrogen-bond donors (Lipinski definition) is 0. The van der Waals surface area contributed by atoms with Gasteiger partial charge in [0.05, 0.1) is 5.92 Å². The molecular weight excluding hydrogens is 344 g/mol. The topological polar surface area (TPSA) is 66.9 Å². The molecule has 27 heavy (non-hydrogen) atoms. The van der Waals surface area contributed by atoms with Crippen LogP contribution in [0.4, 0.5) is 5.69 Å². The second kappa shape index (κ2) is 7.71. The Hall–Kier alpha value is -2.37. The van der Waals surface area contributed by atoms with Crippen molar-refractivity contribution < 1.29 is 19.1 Å². The first kappa shape index (κ1) is 19.4. The summed E-state index contributed by atoms with van der Waals surface area (Å²) in [5, 5.41) is 0. The van der Waals surface area contributed by atoms with Gasteiger partial charge in [0, 0.05) is 30.7 Å². The first-order chi connectivity index (χ1) is 12.8. The van der Waals surface area contributed by atoms with Crippen molar-refractivity contribution in [3.8, 4) is 0 Å². The highest BCUT2D eigenvalue weighted by Crippen LogP contribution is 2.28. The first-order valence-electron chi connectivity index (χ1n) is 9.61. The Bertz CT molecular complexity index is 730. The second-order valence-corrected chi connectivity index (χ2v) is 8.35. The molecule has 6 heteroatoms. The van der Waals surface area contributed by atoms with Crippen LogP contribution in [-0.4, -0.2) is 48.9 Å². The monoisotopic (exact) mass is 372 g/mol. The summed E-state index contributed by atoms with van der Waals surface area (Å²) in [5.41, 5.74) is 1.65. The minimum Gasteiger partial charge on any atom is -0.455 e. The molecule has 6 nitrogen and oxygen atoms in total. The number of benzene rings is 1. The van der Waals surface area contributed by atoms with Crippen LogP contribution in [0.1, 0.15) is 39.2 Å². The first-order valence-corrected chi connectivity index (χ1v) is 9.61. The molecule has 0 unspecified atom stereocenters. The fourth-order valence-electron chi connectivity index (χ4n) is 3.72. The number of piperidine rings is 1. The average Bonchev–Trinajstić information content (AvgIpc) is 3.09. The van der Waals surface area contributed by atoms with Gasteiger partial charge in [-0.25, -0.2) is 0 Å². The average molecular weight is 372 g/mol. The molecule has 0 N–H and O–H groups in total. The Balaban J connectivity index is 1.47. The van der Waals surface area contributed by atoms with E-state index in [2.05, 4.69) is 0 Å². The van der Waals surface area contributed by atoms with Crippen LogP contribution in [0.25, 0.3) is 0 Å². The summed E-state index contributed by atoms with van der Waals surface area (Å²) in [5.74, 6) is -0.655. The lowest BCUT2D eigenvalue weighted by Gasteiger charge is -2.35. The number of carbonyl (C=O) groups excluding carboxylic acids is 3. The van der Waals surface area contributed by atoms with Crippen LogP contribution in [-0.2, 0) is 25.5 Å². The lowest BCUT2D eigenvalue weighted by atomic mass is 9.91. The molecule has 0 spiro atoms. The molecule has 1 aromatic rings. The van der Waals surface area contributed by atoms with Crippen molar-refractivity contribution in [3.05, 3.63) is 29.8 Å². The molecule has 0 saturated carbocycles. The van der Waals surface area contributed by atoms with Crippen molar-refractivity contribution in [1.29, 1.82) is 0 Å². The molecule has 0 aliphatic carbocycles. The Morgan fingerprint density at radius 3 is 2.41 bits per heavy atom. The molecule has 0 aromatic heterocycles. The maximum absolute atomic E-state index is 12.4. The largest absolute Gasteiger partial charge is 0.455 e. The van der Waals surface area contributed by atoms with E-state index in [0.29, 0.717) is 32.5 Å². The number of para-hydroxylation sites is 1. The van der Waals surface area contributed by atoms with Crippen LogP contribution in [0.15, 0.2) is 24.3 Å². The van der Waals surface area contributed by atoms with E-state index in [0.717, 1.165) is 17.7 Å². The van der Waals surface area contributed by atoms with Crippen LogP contribution in [0.2, 0.25) is 0 Å². The molecule has 2 aliphatic rings. The van der Waals surface area contributed by atoms with E-state index >= 15 is 0 Å². The zero-order valence-corrected chi connectivity index (χ0v) is 16.4. The van der Waals surface area contributed by atoms with Crippen molar-refractivity contribution in [1.82, 2.24) is 4.90 Å². The third-order valence-electron chi connectivity index (χ3n) is 5.28. The smallest absolute Gasteiger partial charge is 0.309 e. The molecule has 146 valence electrons. The van der Waals surface area contributed by atoms with Gasteiger partial charge in [0.2, 0.25) is 5.91 Å². The highest BCUT2D eigenvalue weighted by Gasteiger charge is 2.33. The number of likely N-dealkylation sites (tertiary alicyclic amines) is 1. The Labute approximate surface area is 160 Å². The van der Waals surface area contributed by atoms with Gasteiger partial charge in [-0.05, 0) is 30.9 Å². The Morgan fingerprint density at radius 1 is 1.07 bits per heavy atom. The SMILES string of the molecule is CC(C)(C)C(=O)N1CCC(C(=O)OCC(=O)N2CCc3ccccc32)CC1. The summed E-state index contributed by atoms with van der Waals surface area (Å²) in [7, 11) is 0. The number of anilines is 1. The lowest BCUT2D eigenvalue weighted by molar-refractivity contribution is -0.155. The van der Waals surface area contributed by atoms with Gasteiger partial charge in [-0.15, -0.1) is 0 Å². The van der Waals surface area contributed by atoms with Gasteiger partial charge in [0.1, 0.15) is 0 Å². The van der Waals surface area contributed by atoms with E-state index in [9.17, 15) is 14.4 Å². The highest BCUT2D eigenvalue weighted by molar-refractivity contribution is 5.97.